The average Bonchev–Trinajstić information content (AvgIpc) is 3.21. The van der Waals surface area contributed by atoms with E-state index in [1.165, 1.54) is 18.2 Å². The van der Waals surface area contributed by atoms with Crippen molar-refractivity contribution in [2.45, 2.75) is 43.6 Å². The molecule has 2 aliphatic rings. The van der Waals surface area contributed by atoms with Crippen LogP contribution in [0.2, 0.25) is 0 Å². The van der Waals surface area contributed by atoms with Crippen LogP contribution in [0.15, 0.2) is 42.2 Å². The molecule has 0 aromatic heterocycles. The lowest BCUT2D eigenvalue weighted by molar-refractivity contribution is -0.170. The highest BCUT2D eigenvalue weighted by Gasteiger charge is 2.54. The third-order valence-corrected chi connectivity index (χ3v) is 5.15. The maximum absolute atomic E-state index is 13.7. The first kappa shape index (κ1) is 18.5. The zero-order valence-electron chi connectivity index (χ0n) is 14.0. The van der Waals surface area contributed by atoms with Gasteiger partial charge in [-0.05, 0) is 24.5 Å². The smallest absolute Gasteiger partial charge is 0.348 e. The summed E-state index contributed by atoms with van der Waals surface area (Å²) < 4.78 is 32.7. The lowest BCUT2D eigenvalue weighted by atomic mass is 9.80. The van der Waals surface area contributed by atoms with Gasteiger partial charge >= 0.3 is 11.9 Å². The van der Waals surface area contributed by atoms with Crippen molar-refractivity contribution in [3.05, 3.63) is 47.7 Å². The molecule has 0 amide bonds. The molecule has 26 heavy (non-hydrogen) atoms. The van der Waals surface area contributed by atoms with Crippen LogP contribution in [0.4, 0.5) is 8.78 Å². The van der Waals surface area contributed by atoms with Crippen molar-refractivity contribution >= 4 is 11.9 Å². The van der Waals surface area contributed by atoms with E-state index in [4.69, 9.17) is 9.84 Å². The minimum atomic E-state index is -2.94. The Labute approximate surface area is 149 Å². The Balaban J connectivity index is 1.88. The highest BCUT2D eigenvalue weighted by Crippen LogP contribution is 2.48. The monoisotopic (exact) mass is 366 g/mol. The topological polar surface area (TPSA) is 83.8 Å². The van der Waals surface area contributed by atoms with Crippen LogP contribution in [-0.2, 0) is 19.9 Å². The molecule has 0 aliphatic heterocycles. The summed E-state index contributed by atoms with van der Waals surface area (Å²) in [6, 6.07) is 7.91. The van der Waals surface area contributed by atoms with Crippen molar-refractivity contribution in [3.8, 4) is 0 Å². The maximum atomic E-state index is 13.7. The molecule has 0 radical (unpaired) electrons. The van der Waals surface area contributed by atoms with E-state index in [-0.39, 0.29) is 24.2 Å². The fourth-order valence-corrected chi connectivity index (χ4v) is 3.68. The van der Waals surface area contributed by atoms with Gasteiger partial charge < -0.3 is 14.9 Å². The molecular weight excluding hydrogens is 346 g/mol. The van der Waals surface area contributed by atoms with Gasteiger partial charge in [0.05, 0.1) is 5.92 Å². The highest BCUT2D eigenvalue weighted by atomic mass is 19.3. The van der Waals surface area contributed by atoms with Crippen LogP contribution in [0.5, 0.6) is 0 Å². The molecule has 2 aliphatic carbocycles. The molecule has 2 N–H and O–H groups in total. The molecule has 3 rings (SSSR count). The summed E-state index contributed by atoms with van der Waals surface area (Å²) in [5.74, 6) is -6.58. The summed E-state index contributed by atoms with van der Waals surface area (Å²) in [4.78, 5) is 23.8. The van der Waals surface area contributed by atoms with E-state index in [9.17, 15) is 23.5 Å². The molecule has 0 unspecified atom stereocenters. The average molecular weight is 366 g/mol. The molecule has 0 spiro atoms. The van der Waals surface area contributed by atoms with Crippen molar-refractivity contribution in [3.63, 3.8) is 0 Å². The van der Waals surface area contributed by atoms with Crippen LogP contribution in [-0.4, -0.2) is 28.1 Å². The van der Waals surface area contributed by atoms with Gasteiger partial charge in [0.25, 0.3) is 0 Å². The number of ether oxygens (including phenoxy) is 1. The van der Waals surface area contributed by atoms with Gasteiger partial charge in [-0.2, -0.15) is 0 Å². The number of benzene rings is 1. The molecule has 1 aromatic carbocycles. The normalized spacial score (nSPS) is 26.8. The summed E-state index contributed by atoms with van der Waals surface area (Å²) in [5.41, 5.74) is -2.01. The summed E-state index contributed by atoms with van der Waals surface area (Å²) in [7, 11) is 0. The SMILES string of the molecule is O=C(O)[C@H]1C=C(OC(=O)[C@](O)(c2ccccc2)[C@@H]2CCC(F)(F)C2)CC1. The van der Waals surface area contributed by atoms with Crippen molar-refractivity contribution < 1.29 is 33.3 Å². The molecule has 5 nitrogen and oxygen atoms in total. The molecular formula is C19H20F2O5. The second-order valence-electron chi connectivity index (χ2n) is 6.93. The van der Waals surface area contributed by atoms with Crippen LogP contribution in [0.25, 0.3) is 0 Å². The summed E-state index contributed by atoms with van der Waals surface area (Å²) in [6.45, 7) is 0. The van der Waals surface area contributed by atoms with Crippen molar-refractivity contribution in [1.82, 2.24) is 0 Å². The van der Waals surface area contributed by atoms with E-state index in [0.717, 1.165) is 0 Å². The zero-order chi connectivity index (χ0) is 18.9. The van der Waals surface area contributed by atoms with Gasteiger partial charge in [-0.1, -0.05) is 30.3 Å². The predicted octanol–water partition coefficient (Wildman–Crippen LogP) is 3.23. The van der Waals surface area contributed by atoms with Crippen molar-refractivity contribution in [2.24, 2.45) is 11.8 Å². The largest absolute Gasteiger partial charge is 0.481 e. The summed E-state index contributed by atoms with van der Waals surface area (Å²) >= 11 is 0. The van der Waals surface area contributed by atoms with Crippen molar-refractivity contribution in [2.75, 3.05) is 0 Å². The number of hydrogen-bond donors (Lipinski definition) is 2. The van der Waals surface area contributed by atoms with Gasteiger partial charge in [-0.3, -0.25) is 4.79 Å². The summed E-state index contributed by atoms with van der Waals surface area (Å²) in [5, 5.41) is 20.2. The Hall–Kier alpha value is -2.28. The minimum absolute atomic E-state index is 0.00963. The maximum Gasteiger partial charge on any atom is 0.348 e. The van der Waals surface area contributed by atoms with Gasteiger partial charge in [-0.25, -0.2) is 13.6 Å². The fourth-order valence-electron chi connectivity index (χ4n) is 3.68. The standard InChI is InChI=1S/C19H20F2O5/c20-18(21)9-8-14(11-18)19(25,13-4-2-1-3-5-13)17(24)26-15-7-6-12(10-15)16(22)23/h1-5,10,12,14,25H,6-9,11H2,(H,22,23)/t12-,14-,19+/m1/s1. The van der Waals surface area contributed by atoms with E-state index in [0.29, 0.717) is 6.42 Å². The van der Waals surface area contributed by atoms with Gasteiger partial charge in [0.1, 0.15) is 5.76 Å². The van der Waals surface area contributed by atoms with Gasteiger partial charge in [0.15, 0.2) is 5.60 Å². The van der Waals surface area contributed by atoms with E-state index < -0.39 is 48.1 Å². The molecule has 0 heterocycles. The molecule has 3 atom stereocenters. The number of esters is 1. The Morgan fingerprint density at radius 2 is 1.88 bits per heavy atom. The van der Waals surface area contributed by atoms with Crippen LogP contribution >= 0.6 is 0 Å². The lowest BCUT2D eigenvalue weighted by Crippen LogP contribution is -2.43. The first-order valence-corrected chi connectivity index (χ1v) is 8.54. The molecule has 1 aromatic rings. The van der Waals surface area contributed by atoms with Crippen molar-refractivity contribution in [1.29, 1.82) is 0 Å². The van der Waals surface area contributed by atoms with E-state index in [2.05, 4.69) is 0 Å². The lowest BCUT2D eigenvalue weighted by Gasteiger charge is -2.32. The van der Waals surface area contributed by atoms with Crippen LogP contribution < -0.4 is 0 Å². The number of allylic oxidation sites excluding steroid dienone is 1. The number of carboxylic acids is 1. The van der Waals surface area contributed by atoms with Gasteiger partial charge in [0, 0.05) is 25.2 Å². The fraction of sp³-hybridized carbons (Fsp3) is 0.474. The number of halogens is 2. The van der Waals surface area contributed by atoms with Gasteiger partial charge in [0.2, 0.25) is 5.92 Å². The molecule has 0 saturated heterocycles. The predicted molar refractivity (Wildman–Crippen MR) is 87.2 cm³/mol. The zero-order valence-corrected chi connectivity index (χ0v) is 14.0. The quantitative estimate of drug-likeness (QED) is 0.782. The van der Waals surface area contributed by atoms with E-state index in [1.807, 2.05) is 0 Å². The van der Waals surface area contributed by atoms with Crippen LogP contribution in [0.3, 0.4) is 0 Å². The number of aliphatic hydroxyl groups is 1. The number of carboxylic acid groups (broad SMARTS) is 1. The van der Waals surface area contributed by atoms with Crippen LogP contribution in [0.1, 0.15) is 37.7 Å². The Morgan fingerprint density at radius 3 is 2.42 bits per heavy atom. The highest BCUT2D eigenvalue weighted by molar-refractivity contribution is 5.83. The molecule has 1 fully saturated rings. The Kier molecular flexibility index (Phi) is 4.84. The summed E-state index contributed by atoms with van der Waals surface area (Å²) in [6.07, 6.45) is 0.852. The van der Waals surface area contributed by atoms with E-state index in [1.54, 1.807) is 18.2 Å². The second kappa shape index (κ2) is 6.79. The third kappa shape index (κ3) is 3.49. The minimum Gasteiger partial charge on any atom is -0.481 e. The van der Waals surface area contributed by atoms with Crippen LogP contribution in [0, 0.1) is 11.8 Å². The number of hydrogen-bond acceptors (Lipinski definition) is 4. The number of carbonyl (C=O) groups is 2. The molecule has 0 bridgehead atoms. The third-order valence-electron chi connectivity index (χ3n) is 5.15. The first-order valence-electron chi connectivity index (χ1n) is 8.54. The number of alkyl halides is 2. The number of aliphatic carboxylic acids is 1. The molecule has 7 heteroatoms. The first-order chi connectivity index (χ1) is 12.2. The number of carbonyl (C=O) groups excluding carboxylic acids is 1. The Bertz CT molecular complexity index is 731. The Morgan fingerprint density at radius 1 is 1.19 bits per heavy atom. The molecule has 140 valence electrons. The van der Waals surface area contributed by atoms with Gasteiger partial charge in [-0.15, -0.1) is 0 Å². The van der Waals surface area contributed by atoms with E-state index >= 15 is 0 Å². The second-order valence-corrected chi connectivity index (χ2v) is 6.93. The number of rotatable bonds is 5. The molecule has 1 saturated carbocycles.